The van der Waals surface area contributed by atoms with Gasteiger partial charge >= 0.3 is 0 Å². The summed E-state index contributed by atoms with van der Waals surface area (Å²) in [5.41, 5.74) is 1.28. The summed E-state index contributed by atoms with van der Waals surface area (Å²) < 4.78 is 11.3. The maximum atomic E-state index is 5.91. The van der Waals surface area contributed by atoms with Gasteiger partial charge in [-0.3, -0.25) is 0 Å². The molecule has 106 valence electrons. The molecule has 0 atom stereocenters. The van der Waals surface area contributed by atoms with Crippen molar-refractivity contribution in [1.82, 2.24) is 5.32 Å². The molecule has 1 N–H and O–H groups in total. The summed E-state index contributed by atoms with van der Waals surface area (Å²) in [6.45, 7) is 7.78. The lowest BCUT2D eigenvalue weighted by Crippen LogP contribution is -2.22. The number of rotatable bonds is 6. The monoisotopic (exact) mass is 263 g/mol. The van der Waals surface area contributed by atoms with Gasteiger partial charge in [-0.1, -0.05) is 26.0 Å². The van der Waals surface area contributed by atoms with E-state index in [4.69, 9.17) is 9.47 Å². The van der Waals surface area contributed by atoms with Crippen molar-refractivity contribution in [2.45, 2.75) is 39.3 Å². The van der Waals surface area contributed by atoms with Gasteiger partial charge < -0.3 is 14.8 Å². The van der Waals surface area contributed by atoms with E-state index in [1.807, 2.05) is 6.07 Å². The molecule has 1 heterocycles. The number of ether oxygens (including phenoxy) is 2. The van der Waals surface area contributed by atoms with Crippen LogP contribution in [0, 0.1) is 5.92 Å². The van der Waals surface area contributed by atoms with Crippen LogP contribution in [-0.2, 0) is 11.3 Å². The van der Waals surface area contributed by atoms with Crippen molar-refractivity contribution in [2.75, 3.05) is 19.8 Å². The molecule has 0 unspecified atom stereocenters. The predicted octanol–water partition coefficient (Wildman–Crippen LogP) is 2.99. The largest absolute Gasteiger partial charge is 0.493 e. The van der Waals surface area contributed by atoms with Crippen molar-refractivity contribution in [3.8, 4) is 5.75 Å². The highest BCUT2D eigenvalue weighted by Crippen LogP contribution is 2.18. The normalized spacial score (nSPS) is 16.8. The molecule has 1 saturated heterocycles. The zero-order valence-corrected chi connectivity index (χ0v) is 12.0. The fourth-order valence-electron chi connectivity index (χ4n) is 2.19. The summed E-state index contributed by atoms with van der Waals surface area (Å²) >= 11 is 0. The molecule has 1 aromatic rings. The highest BCUT2D eigenvalue weighted by molar-refractivity contribution is 5.28. The second-order valence-electron chi connectivity index (χ2n) is 5.55. The van der Waals surface area contributed by atoms with Crippen molar-refractivity contribution in [3.05, 3.63) is 29.8 Å². The molecule has 1 aromatic carbocycles. The van der Waals surface area contributed by atoms with E-state index in [1.165, 1.54) is 5.56 Å². The molecular weight excluding hydrogens is 238 g/mol. The van der Waals surface area contributed by atoms with Crippen LogP contribution >= 0.6 is 0 Å². The Hall–Kier alpha value is -1.06. The van der Waals surface area contributed by atoms with E-state index in [2.05, 4.69) is 37.4 Å². The molecular formula is C16H25NO2. The number of hydrogen-bond acceptors (Lipinski definition) is 3. The average Bonchev–Trinajstić information content (AvgIpc) is 2.44. The van der Waals surface area contributed by atoms with Gasteiger partial charge in [-0.25, -0.2) is 0 Å². The third-order valence-electron chi connectivity index (χ3n) is 3.44. The molecule has 0 bridgehead atoms. The maximum Gasteiger partial charge on any atom is 0.119 e. The maximum absolute atomic E-state index is 5.91. The molecule has 2 rings (SSSR count). The highest BCUT2D eigenvalue weighted by Gasteiger charge is 2.14. The summed E-state index contributed by atoms with van der Waals surface area (Å²) in [6, 6.07) is 8.88. The summed E-state index contributed by atoms with van der Waals surface area (Å²) in [5.74, 6) is 1.63. The van der Waals surface area contributed by atoms with E-state index in [0.717, 1.165) is 45.0 Å². The molecule has 3 nitrogen and oxygen atoms in total. The zero-order chi connectivity index (χ0) is 13.5. The first-order valence-corrected chi connectivity index (χ1v) is 7.27. The fraction of sp³-hybridized carbons (Fsp3) is 0.625. The first-order valence-electron chi connectivity index (χ1n) is 7.27. The number of nitrogens with one attached hydrogen (secondary N) is 1. The minimum Gasteiger partial charge on any atom is -0.493 e. The van der Waals surface area contributed by atoms with Crippen LogP contribution in [0.1, 0.15) is 32.3 Å². The Morgan fingerprint density at radius 1 is 1.32 bits per heavy atom. The minimum atomic E-state index is 0.506. The standard InChI is InChI=1S/C16H25NO2/c1-13(2)17-11-15-4-3-5-16(10-15)19-12-14-6-8-18-9-7-14/h3-5,10,13-14,17H,6-9,11-12H2,1-2H3. The SMILES string of the molecule is CC(C)NCc1cccc(OCC2CCOCC2)c1. The second kappa shape index (κ2) is 7.51. The summed E-state index contributed by atoms with van der Waals surface area (Å²) in [6.07, 6.45) is 2.24. The van der Waals surface area contributed by atoms with Crippen molar-refractivity contribution >= 4 is 0 Å². The molecule has 1 aliphatic heterocycles. The van der Waals surface area contributed by atoms with E-state index in [-0.39, 0.29) is 0 Å². The molecule has 0 spiro atoms. The van der Waals surface area contributed by atoms with Crippen LogP contribution in [0.3, 0.4) is 0 Å². The Labute approximate surface area is 116 Å². The van der Waals surface area contributed by atoms with Gasteiger partial charge in [0.25, 0.3) is 0 Å². The molecule has 1 aliphatic rings. The topological polar surface area (TPSA) is 30.5 Å². The third kappa shape index (κ3) is 5.21. The smallest absolute Gasteiger partial charge is 0.119 e. The molecule has 3 heteroatoms. The predicted molar refractivity (Wildman–Crippen MR) is 77.5 cm³/mol. The van der Waals surface area contributed by atoms with Gasteiger partial charge in [0.1, 0.15) is 5.75 Å². The molecule has 1 fully saturated rings. The highest BCUT2D eigenvalue weighted by atomic mass is 16.5. The van der Waals surface area contributed by atoms with E-state index in [9.17, 15) is 0 Å². The second-order valence-corrected chi connectivity index (χ2v) is 5.55. The van der Waals surface area contributed by atoms with Gasteiger partial charge in [0.15, 0.2) is 0 Å². The Kier molecular flexibility index (Phi) is 5.67. The molecule has 19 heavy (non-hydrogen) atoms. The van der Waals surface area contributed by atoms with E-state index < -0.39 is 0 Å². The van der Waals surface area contributed by atoms with Crippen LogP contribution in [-0.4, -0.2) is 25.9 Å². The third-order valence-corrected chi connectivity index (χ3v) is 3.44. The lowest BCUT2D eigenvalue weighted by atomic mass is 10.0. The van der Waals surface area contributed by atoms with Crippen molar-refractivity contribution in [2.24, 2.45) is 5.92 Å². The zero-order valence-electron chi connectivity index (χ0n) is 12.0. The Morgan fingerprint density at radius 3 is 2.84 bits per heavy atom. The average molecular weight is 263 g/mol. The Morgan fingerprint density at radius 2 is 2.11 bits per heavy atom. The van der Waals surface area contributed by atoms with Crippen molar-refractivity contribution in [3.63, 3.8) is 0 Å². The summed E-state index contributed by atoms with van der Waals surface area (Å²) in [5, 5.41) is 3.42. The van der Waals surface area contributed by atoms with Gasteiger partial charge in [0.2, 0.25) is 0 Å². The first-order chi connectivity index (χ1) is 9.24. The number of hydrogen-bond donors (Lipinski definition) is 1. The van der Waals surface area contributed by atoms with Crippen LogP contribution in [0.4, 0.5) is 0 Å². The molecule has 0 aliphatic carbocycles. The van der Waals surface area contributed by atoms with Crippen LogP contribution in [0.5, 0.6) is 5.75 Å². The van der Waals surface area contributed by atoms with Crippen LogP contribution in [0.15, 0.2) is 24.3 Å². The van der Waals surface area contributed by atoms with Gasteiger partial charge in [-0.2, -0.15) is 0 Å². The van der Waals surface area contributed by atoms with Gasteiger partial charge in [0.05, 0.1) is 6.61 Å². The Balaban J connectivity index is 1.80. The van der Waals surface area contributed by atoms with Crippen LogP contribution in [0.25, 0.3) is 0 Å². The van der Waals surface area contributed by atoms with Gasteiger partial charge in [-0.15, -0.1) is 0 Å². The minimum absolute atomic E-state index is 0.506. The van der Waals surface area contributed by atoms with Crippen molar-refractivity contribution < 1.29 is 9.47 Å². The molecule has 0 saturated carbocycles. The van der Waals surface area contributed by atoms with Gasteiger partial charge in [0, 0.05) is 25.8 Å². The van der Waals surface area contributed by atoms with Crippen LogP contribution in [0.2, 0.25) is 0 Å². The first kappa shape index (κ1) is 14.4. The summed E-state index contributed by atoms with van der Waals surface area (Å²) in [4.78, 5) is 0. The number of benzene rings is 1. The van der Waals surface area contributed by atoms with Crippen LogP contribution < -0.4 is 10.1 Å². The quantitative estimate of drug-likeness (QED) is 0.856. The lowest BCUT2D eigenvalue weighted by Gasteiger charge is -2.22. The van der Waals surface area contributed by atoms with Gasteiger partial charge in [-0.05, 0) is 36.5 Å². The molecule has 0 aromatic heterocycles. The Bertz CT molecular complexity index is 373. The molecule has 0 amide bonds. The van der Waals surface area contributed by atoms with E-state index in [1.54, 1.807) is 0 Å². The van der Waals surface area contributed by atoms with E-state index in [0.29, 0.717) is 12.0 Å². The molecule has 0 radical (unpaired) electrons. The lowest BCUT2D eigenvalue weighted by molar-refractivity contribution is 0.0497. The van der Waals surface area contributed by atoms with E-state index >= 15 is 0 Å². The fourth-order valence-corrected chi connectivity index (χ4v) is 2.19. The summed E-state index contributed by atoms with van der Waals surface area (Å²) in [7, 11) is 0. The van der Waals surface area contributed by atoms with Crippen molar-refractivity contribution in [1.29, 1.82) is 0 Å².